The first-order valence-corrected chi connectivity index (χ1v) is 7.55. The molecule has 1 aromatic carbocycles. The smallest absolute Gasteiger partial charge is 0.287 e. The van der Waals surface area contributed by atoms with E-state index in [0.717, 1.165) is 12.2 Å². The van der Waals surface area contributed by atoms with E-state index in [-0.39, 0.29) is 17.4 Å². The molecule has 22 heavy (non-hydrogen) atoms. The van der Waals surface area contributed by atoms with Crippen molar-refractivity contribution in [2.24, 2.45) is 0 Å². The first-order valence-electron chi connectivity index (χ1n) is 7.55. The predicted octanol–water partition coefficient (Wildman–Crippen LogP) is 3.31. The molecule has 2 aromatic rings. The van der Waals surface area contributed by atoms with Gasteiger partial charge >= 0.3 is 0 Å². The van der Waals surface area contributed by atoms with Crippen LogP contribution in [0.25, 0.3) is 0 Å². The molecule has 1 unspecified atom stereocenters. The maximum Gasteiger partial charge on any atom is 0.287 e. The van der Waals surface area contributed by atoms with Crippen LogP contribution in [0.5, 0.6) is 5.75 Å². The summed E-state index contributed by atoms with van der Waals surface area (Å²) < 4.78 is 11.0. The second-order valence-electron chi connectivity index (χ2n) is 6.70. The topological polar surface area (TPSA) is 51.5 Å². The number of benzene rings is 1. The molecule has 0 saturated heterocycles. The number of rotatable bonds is 3. The number of fused-ring (bicyclic) bond motifs is 1. The van der Waals surface area contributed by atoms with Crippen molar-refractivity contribution in [1.29, 1.82) is 0 Å². The average molecular weight is 299 g/mol. The molecule has 116 valence electrons. The minimum Gasteiger partial charge on any atom is -0.488 e. The van der Waals surface area contributed by atoms with Crippen molar-refractivity contribution >= 4 is 5.91 Å². The molecule has 0 spiro atoms. The van der Waals surface area contributed by atoms with Gasteiger partial charge in [-0.2, -0.15) is 0 Å². The minimum absolute atomic E-state index is 0.0240. The molecule has 4 heteroatoms. The SMILES string of the molecule is CC(C)(C)c1ccc2c(c1)CC(CNC(=O)c1ccco1)O2. The molecule has 1 aliphatic rings. The summed E-state index contributed by atoms with van der Waals surface area (Å²) in [7, 11) is 0. The van der Waals surface area contributed by atoms with Crippen LogP contribution in [-0.2, 0) is 11.8 Å². The van der Waals surface area contributed by atoms with Gasteiger partial charge in [-0.1, -0.05) is 32.9 Å². The molecule has 0 saturated carbocycles. The van der Waals surface area contributed by atoms with Crippen LogP contribution in [-0.4, -0.2) is 18.6 Å². The van der Waals surface area contributed by atoms with E-state index in [0.29, 0.717) is 12.3 Å². The van der Waals surface area contributed by atoms with Gasteiger partial charge in [0, 0.05) is 6.42 Å². The Labute approximate surface area is 130 Å². The van der Waals surface area contributed by atoms with Crippen LogP contribution in [0.15, 0.2) is 41.0 Å². The molecule has 0 fully saturated rings. The Morgan fingerprint density at radius 1 is 1.32 bits per heavy atom. The summed E-state index contributed by atoms with van der Waals surface area (Å²) in [4.78, 5) is 11.9. The van der Waals surface area contributed by atoms with Crippen molar-refractivity contribution in [3.05, 3.63) is 53.5 Å². The number of ether oxygens (including phenoxy) is 1. The predicted molar refractivity (Wildman–Crippen MR) is 84.3 cm³/mol. The molecule has 3 rings (SSSR count). The van der Waals surface area contributed by atoms with Crippen LogP contribution >= 0.6 is 0 Å². The summed E-state index contributed by atoms with van der Waals surface area (Å²) in [6.45, 7) is 7.07. The van der Waals surface area contributed by atoms with Crippen molar-refractivity contribution in [3.8, 4) is 5.75 Å². The molecule has 0 radical (unpaired) electrons. The van der Waals surface area contributed by atoms with Gasteiger partial charge < -0.3 is 14.5 Å². The average Bonchev–Trinajstić information content (AvgIpc) is 3.11. The molecule has 1 N–H and O–H groups in total. The lowest BCUT2D eigenvalue weighted by Gasteiger charge is -2.19. The van der Waals surface area contributed by atoms with Gasteiger partial charge in [0.15, 0.2) is 5.76 Å². The second kappa shape index (κ2) is 5.52. The van der Waals surface area contributed by atoms with E-state index in [1.807, 2.05) is 6.07 Å². The van der Waals surface area contributed by atoms with E-state index in [1.165, 1.54) is 17.4 Å². The highest BCUT2D eigenvalue weighted by atomic mass is 16.5. The Kier molecular flexibility index (Phi) is 3.69. The fraction of sp³-hybridized carbons (Fsp3) is 0.389. The molecule has 4 nitrogen and oxygen atoms in total. The van der Waals surface area contributed by atoms with Gasteiger partial charge in [-0.05, 0) is 34.7 Å². The molecule has 1 atom stereocenters. The lowest BCUT2D eigenvalue weighted by molar-refractivity contribution is 0.0906. The van der Waals surface area contributed by atoms with Gasteiger partial charge in [-0.25, -0.2) is 0 Å². The zero-order chi connectivity index (χ0) is 15.7. The van der Waals surface area contributed by atoms with Crippen molar-refractivity contribution in [1.82, 2.24) is 5.32 Å². The van der Waals surface area contributed by atoms with Crippen LogP contribution in [0.2, 0.25) is 0 Å². The number of carbonyl (C=O) groups is 1. The molecule has 2 heterocycles. The molecule has 1 amide bonds. The summed E-state index contributed by atoms with van der Waals surface area (Å²) in [5.41, 5.74) is 2.64. The van der Waals surface area contributed by atoms with Crippen molar-refractivity contribution < 1.29 is 13.9 Å². The maximum absolute atomic E-state index is 11.9. The first-order chi connectivity index (χ1) is 10.4. The highest BCUT2D eigenvalue weighted by molar-refractivity contribution is 5.91. The summed E-state index contributed by atoms with van der Waals surface area (Å²) in [5, 5.41) is 2.85. The number of nitrogens with one attached hydrogen (secondary N) is 1. The van der Waals surface area contributed by atoms with E-state index >= 15 is 0 Å². The van der Waals surface area contributed by atoms with Crippen LogP contribution in [0.1, 0.15) is 42.5 Å². The van der Waals surface area contributed by atoms with E-state index in [9.17, 15) is 4.79 Å². The lowest BCUT2D eigenvalue weighted by Crippen LogP contribution is -2.34. The van der Waals surface area contributed by atoms with E-state index < -0.39 is 0 Å². The summed E-state index contributed by atoms with van der Waals surface area (Å²) in [5.74, 6) is 1.04. The Morgan fingerprint density at radius 2 is 2.14 bits per heavy atom. The zero-order valence-corrected chi connectivity index (χ0v) is 13.2. The van der Waals surface area contributed by atoms with Crippen molar-refractivity contribution in [3.63, 3.8) is 0 Å². The van der Waals surface area contributed by atoms with Gasteiger partial charge in [0.25, 0.3) is 5.91 Å². The Balaban J connectivity index is 1.61. The van der Waals surface area contributed by atoms with Crippen LogP contribution in [0, 0.1) is 0 Å². The molecule has 1 aliphatic heterocycles. The maximum atomic E-state index is 11.9. The van der Waals surface area contributed by atoms with Crippen molar-refractivity contribution in [2.45, 2.75) is 38.7 Å². The Morgan fingerprint density at radius 3 is 2.82 bits per heavy atom. The lowest BCUT2D eigenvalue weighted by atomic mass is 9.86. The summed E-state index contributed by atoms with van der Waals surface area (Å²) in [6.07, 6.45) is 2.28. The molecular weight excluding hydrogens is 278 g/mol. The largest absolute Gasteiger partial charge is 0.488 e. The normalized spacial score (nSPS) is 17.0. The van der Waals surface area contributed by atoms with Crippen LogP contribution in [0.4, 0.5) is 0 Å². The molecule has 1 aromatic heterocycles. The van der Waals surface area contributed by atoms with Gasteiger partial charge in [-0.15, -0.1) is 0 Å². The van der Waals surface area contributed by atoms with Gasteiger partial charge in [0.1, 0.15) is 11.9 Å². The first kappa shape index (κ1) is 14.7. The van der Waals surface area contributed by atoms with Gasteiger partial charge in [0.2, 0.25) is 0 Å². The van der Waals surface area contributed by atoms with E-state index in [4.69, 9.17) is 9.15 Å². The third-order valence-corrected chi connectivity index (χ3v) is 3.90. The van der Waals surface area contributed by atoms with E-state index in [1.54, 1.807) is 12.1 Å². The number of hydrogen-bond donors (Lipinski definition) is 1. The summed E-state index contributed by atoms with van der Waals surface area (Å²) in [6, 6.07) is 9.71. The Hall–Kier alpha value is -2.23. The quantitative estimate of drug-likeness (QED) is 0.946. The fourth-order valence-electron chi connectivity index (χ4n) is 2.60. The highest BCUT2D eigenvalue weighted by Crippen LogP contribution is 2.33. The third kappa shape index (κ3) is 3.01. The number of amides is 1. The van der Waals surface area contributed by atoms with Crippen LogP contribution in [0.3, 0.4) is 0 Å². The van der Waals surface area contributed by atoms with Crippen molar-refractivity contribution in [2.75, 3.05) is 6.54 Å². The molecule has 0 bridgehead atoms. The third-order valence-electron chi connectivity index (χ3n) is 3.90. The number of carbonyl (C=O) groups excluding carboxylic acids is 1. The zero-order valence-electron chi connectivity index (χ0n) is 13.2. The molecular formula is C18H21NO3. The summed E-state index contributed by atoms with van der Waals surface area (Å²) >= 11 is 0. The van der Waals surface area contributed by atoms with Gasteiger partial charge in [0.05, 0.1) is 12.8 Å². The number of furan rings is 1. The standard InChI is InChI=1S/C18H21NO3/c1-18(2,3)13-6-7-15-12(9-13)10-14(22-15)11-19-17(20)16-5-4-8-21-16/h4-9,14H,10-11H2,1-3H3,(H,19,20). The van der Waals surface area contributed by atoms with Crippen LogP contribution < -0.4 is 10.1 Å². The number of hydrogen-bond acceptors (Lipinski definition) is 3. The van der Waals surface area contributed by atoms with Gasteiger partial charge in [-0.3, -0.25) is 4.79 Å². The Bertz CT molecular complexity index is 668. The monoisotopic (exact) mass is 299 g/mol. The second-order valence-corrected chi connectivity index (χ2v) is 6.70. The molecule has 0 aliphatic carbocycles. The minimum atomic E-state index is -0.208. The fourth-order valence-corrected chi connectivity index (χ4v) is 2.60. The highest BCUT2D eigenvalue weighted by Gasteiger charge is 2.25. The van der Waals surface area contributed by atoms with E-state index in [2.05, 4.69) is 38.2 Å².